The van der Waals surface area contributed by atoms with Crippen LogP contribution in [0.15, 0.2) is 77.6 Å². The Morgan fingerprint density at radius 3 is 2.27 bits per heavy atom. The quantitative estimate of drug-likeness (QED) is 0.719. The second kappa shape index (κ2) is 8.27. The van der Waals surface area contributed by atoms with Gasteiger partial charge in [-0.15, -0.1) is 0 Å². The Hall–Kier alpha value is -3.18. The summed E-state index contributed by atoms with van der Waals surface area (Å²) in [5.41, 5.74) is 2.18. The largest absolute Gasteiger partial charge is 0.375 e. The Bertz CT molecular complexity index is 921. The molecule has 1 amide bonds. The molecule has 2 N–H and O–H groups in total. The summed E-state index contributed by atoms with van der Waals surface area (Å²) in [7, 11) is 1.59. The smallest absolute Gasteiger partial charge is 0.261 e. The maximum atomic E-state index is 12.4. The van der Waals surface area contributed by atoms with Gasteiger partial charge < -0.3 is 15.0 Å². The molecule has 0 spiro atoms. The minimum atomic E-state index is -0.427. The van der Waals surface area contributed by atoms with Gasteiger partial charge in [0, 0.05) is 19.3 Å². The number of aromatic amines is 1. The highest BCUT2D eigenvalue weighted by Gasteiger charge is 2.15. The summed E-state index contributed by atoms with van der Waals surface area (Å²) in [6, 6.07) is 22.4. The minimum absolute atomic E-state index is 0.0765. The van der Waals surface area contributed by atoms with E-state index in [9.17, 15) is 9.59 Å². The van der Waals surface area contributed by atoms with Crippen LogP contribution >= 0.6 is 0 Å². The first kappa shape index (κ1) is 17.6. The van der Waals surface area contributed by atoms with E-state index in [1.807, 2.05) is 60.7 Å². The molecule has 0 fully saturated rings. The van der Waals surface area contributed by atoms with Crippen LogP contribution in [0.25, 0.3) is 11.3 Å². The highest BCUT2D eigenvalue weighted by atomic mass is 16.5. The molecule has 0 bridgehead atoms. The van der Waals surface area contributed by atoms with E-state index in [-0.39, 0.29) is 18.2 Å². The Balaban J connectivity index is 1.71. The predicted molar refractivity (Wildman–Crippen MR) is 101 cm³/mol. The molecule has 0 saturated carbocycles. The lowest BCUT2D eigenvalue weighted by Gasteiger charge is -2.16. The molecule has 26 heavy (non-hydrogen) atoms. The number of hydrogen-bond acceptors (Lipinski definition) is 3. The molecule has 132 valence electrons. The van der Waals surface area contributed by atoms with E-state index >= 15 is 0 Å². The number of H-pyrrole nitrogens is 1. The summed E-state index contributed by atoms with van der Waals surface area (Å²) in [6.07, 6.45) is -0.275. The molecule has 1 atom stereocenters. The van der Waals surface area contributed by atoms with E-state index in [1.165, 1.54) is 0 Å². The number of ether oxygens (including phenoxy) is 1. The molecule has 0 aliphatic carbocycles. The summed E-state index contributed by atoms with van der Waals surface area (Å²) < 4.78 is 5.43. The number of hydrogen-bond donors (Lipinski definition) is 2. The lowest BCUT2D eigenvalue weighted by molar-refractivity contribution is 0.0827. The fourth-order valence-corrected chi connectivity index (χ4v) is 2.72. The average molecular weight is 348 g/mol. The van der Waals surface area contributed by atoms with Crippen molar-refractivity contribution in [3.63, 3.8) is 0 Å². The van der Waals surface area contributed by atoms with Crippen molar-refractivity contribution in [2.75, 3.05) is 13.7 Å². The van der Waals surface area contributed by atoms with Crippen molar-refractivity contribution < 1.29 is 9.53 Å². The second-order valence-corrected chi connectivity index (χ2v) is 5.83. The monoisotopic (exact) mass is 348 g/mol. The van der Waals surface area contributed by atoms with Gasteiger partial charge in [-0.05, 0) is 23.3 Å². The number of rotatable bonds is 6. The maximum Gasteiger partial charge on any atom is 0.261 e. The van der Waals surface area contributed by atoms with Crippen molar-refractivity contribution in [1.29, 1.82) is 0 Å². The molecule has 2 aromatic carbocycles. The van der Waals surface area contributed by atoms with Crippen LogP contribution in [0, 0.1) is 0 Å². The lowest BCUT2D eigenvalue weighted by Crippen LogP contribution is -2.33. The number of carbonyl (C=O) groups is 1. The number of carbonyl (C=O) groups excluding carboxylic acids is 1. The Kier molecular flexibility index (Phi) is 5.61. The van der Waals surface area contributed by atoms with Crippen LogP contribution in [0.4, 0.5) is 0 Å². The predicted octanol–water partition coefficient (Wildman–Crippen LogP) is 3.16. The minimum Gasteiger partial charge on any atom is -0.375 e. The van der Waals surface area contributed by atoms with Crippen LogP contribution in [0.1, 0.15) is 22.0 Å². The number of pyridine rings is 1. The summed E-state index contributed by atoms with van der Waals surface area (Å²) in [5.74, 6) is -0.427. The summed E-state index contributed by atoms with van der Waals surface area (Å²) >= 11 is 0. The molecule has 0 saturated heterocycles. The Labute approximate surface area is 151 Å². The SMILES string of the molecule is CO[C@H](CNC(=O)c1ccc(-c2ccccc2)[nH]c1=O)c1ccccc1. The zero-order valence-electron chi connectivity index (χ0n) is 14.4. The van der Waals surface area contributed by atoms with Gasteiger partial charge in [0.1, 0.15) is 5.56 Å². The first-order chi connectivity index (χ1) is 12.7. The first-order valence-corrected chi connectivity index (χ1v) is 8.33. The highest BCUT2D eigenvalue weighted by molar-refractivity contribution is 5.94. The first-order valence-electron chi connectivity index (χ1n) is 8.33. The third-order valence-corrected chi connectivity index (χ3v) is 4.14. The third-order valence-electron chi connectivity index (χ3n) is 4.14. The van der Waals surface area contributed by atoms with Crippen LogP contribution in [-0.4, -0.2) is 24.5 Å². The fourth-order valence-electron chi connectivity index (χ4n) is 2.72. The number of methoxy groups -OCH3 is 1. The molecule has 1 aromatic heterocycles. The fraction of sp³-hybridized carbons (Fsp3) is 0.143. The van der Waals surface area contributed by atoms with Crippen molar-refractivity contribution in [3.8, 4) is 11.3 Å². The van der Waals surface area contributed by atoms with E-state index in [2.05, 4.69) is 10.3 Å². The molecule has 0 aliphatic heterocycles. The molecule has 3 rings (SSSR count). The van der Waals surface area contributed by atoms with Crippen molar-refractivity contribution in [2.45, 2.75) is 6.10 Å². The van der Waals surface area contributed by atoms with E-state index in [0.29, 0.717) is 5.69 Å². The van der Waals surface area contributed by atoms with Gasteiger partial charge >= 0.3 is 0 Å². The zero-order chi connectivity index (χ0) is 18.4. The molecule has 0 radical (unpaired) electrons. The molecular formula is C21H20N2O3. The van der Waals surface area contributed by atoms with E-state index in [0.717, 1.165) is 11.1 Å². The summed E-state index contributed by atoms with van der Waals surface area (Å²) in [4.78, 5) is 27.4. The Morgan fingerprint density at radius 2 is 1.65 bits per heavy atom. The van der Waals surface area contributed by atoms with Gasteiger partial charge in [0.05, 0.1) is 6.10 Å². The maximum absolute atomic E-state index is 12.4. The molecule has 0 aliphatic rings. The summed E-state index contributed by atoms with van der Waals surface area (Å²) in [6.45, 7) is 0.277. The van der Waals surface area contributed by atoms with Crippen LogP contribution in [-0.2, 0) is 4.74 Å². The van der Waals surface area contributed by atoms with Crippen molar-refractivity contribution in [2.24, 2.45) is 0 Å². The van der Waals surface area contributed by atoms with Gasteiger partial charge in [0.2, 0.25) is 0 Å². The average Bonchev–Trinajstić information content (AvgIpc) is 2.69. The number of benzene rings is 2. The van der Waals surface area contributed by atoms with Crippen LogP contribution in [0.2, 0.25) is 0 Å². The Morgan fingerprint density at radius 1 is 1.00 bits per heavy atom. The molecule has 0 unspecified atom stereocenters. The van der Waals surface area contributed by atoms with Gasteiger partial charge in [0.25, 0.3) is 11.5 Å². The molecule has 3 aromatic rings. The van der Waals surface area contributed by atoms with Crippen LogP contribution < -0.4 is 10.9 Å². The van der Waals surface area contributed by atoms with Gasteiger partial charge in [0.15, 0.2) is 0 Å². The van der Waals surface area contributed by atoms with Crippen molar-refractivity contribution in [1.82, 2.24) is 10.3 Å². The van der Waals surface area contributed by atoms with E-state index < -0.39 is 11.5 Å². The van der Waals surface area contributed by atoms with Crippen LogP contribution in [0.3, 0.4) is 0 Å². The van der Waals surface area contributed by atoms with Gasteiger partial charge in [-0.1, -0.05) is 60.7 Å². The van der Waals surface area contributed by atoms with Crippen molar-refractivity contribution >= 4 is 5.91 Å². The zero-order valence-corrected chi connectivity index (χ0v) is 14.4. The molecule has 1 heterocycles. The topological polar surface area (TPSA) is 71.2 Å². The molecule has 5 heteroatoms. The molecular weight excluding hydrogens is 328 g/mol. The standard InChI is InChI=1S/C21H20N2O3/c1-26-19(16-10-6-3-7-11-16)14-22-20(24)17-12-13-18(23-21(17)25)15-8-4-2-5-9-15/h2-13,19H,14H2,1H3,(H,22,24)(H,23,25)/t19-/m1/s1. The normalized spacial score (nSPS) is 11.7. The highest BCUT2D eigenvalue weighted by Crippen LogP contribution is 2.16. The third kappa shape index (κ3) is 4.07. The second-order valence-electron chi connectivity index (χ2n) is 5.83. The van der Waals surface area contributed by atoms with E-state index in [4.69, 9.17) is 4.74 Å². The van der Waals surface area contributed by atoms with Crippen LogP contribution in [0.5, 0.6) is 0 Å². The summed E-state index contributed by atoms with van der Waals surface area (Å²) in [5, 5.41) is 2.76. The lowest BCUT2D eigenvalue weighted by atomic mass is 10.1. The van der Waals surface area contributed by atoms with Gasteiger partial charge in [-0.2, -0.15) is 0 Å². The van der Waals surface area contributed by atoms with Crippen molar-refractivity contribution in [3.05, 3.63) is 94.3 Å². The van der Waals surface area contributed by atoms with Gasteiger partial charge in [-0.3, -0.25) is 9.59 Å². The van der Waals surface area contributed by atoms with Gasteiger partial charge in [-0.25, -0.2) is 0 Å². The molecule has 5 nitrogen and oxygen atoms in total. The number of aromatic nitrogens is 1. The number of amides is 1. The number of nitrogens with one attached hydrogen (secondary N) is 2. The van der Waals surface area contributed by atoms with E-state index in [1.54, 1.807) is 19.2 Å².